The molecule has 4 heteroatoms. The minimum Gasteiger partial charge on any atom is -0.354 e. The monoisotopic (exact) mass is 279 g/mol. The lowest BCUT2D eigenvalue weighted by Crippen LogP contribution is -2.14. The first-order chi connectivity index (χ1) is 9.67. The van der Waals surface area contributed by atoms with Crippen LogP contribution in [-0.2, 0) is 0 Å². The molecular weight excluding hydrogens is 260 g/mol. The maximum absolute atomic E-state index is 14.1. The van der Waals surface area contributed by atoms with Crippen molar-refractivity contribution in [2.75, 3.05) is 0 Å². The van der Waals surface area contributed by atoms with Crippen molar-refractivity contribution in [3.05, 3.63) is 42.0 Å². The SMILES string of the molecule is C=CCC1CCC(c2ccc(ON=C)c(F)c2F)CC1. The van der Waals surface area contributed by atoms with Crippen molar-refractivity contribution in [3.8, 4) is 5.75 Å². The number of hydrogen-bond acceptors (Lipinski definition) is 2. The molecule has 1 saturated carbocycles. The highest BCUT2D eigenvalue weighted by atomic mass is 19.2. The van der Waals surface area contributed by atoms with E-state index in [1.807, 2.05) is 6.08 Å². The van der Waals surface area contributed by atoms with Crippen molar-refractivity contribution in [2.24, 2.45) is 11.1 Å². The summed E-state index contributed by atoms with van der Waals surface area (Å²) in [5.41, 5.74) is 0.441. The molecule has 108 valence electrons. The Morgan fingerprint density at radius 2 is 1.90 bits per heavy atom. The summed E-state index contributed by atoms with van der Waals surface area (Å²) in [5.74, 6) is -1.32. The van der Waals surface area contributed by atoms with Gasteiger partial charge in [-0.3, -0.25) is 0 Å². The lowest BCUT2D eigenvalue weighted by molar-refractivity contribution is 0.306. The van der Waals surface area contributed by atoms with Gasteiger partial charge in [0.1, 0.15) is 0 Å². The second kappa shape index (κ2) is 6.64. The van der Waals surface area contributed by atoms with Gasteiger partial charge < -0.3 is 4.84 Å². The molecule has 0 N–H and O–H groups in total. The van der Waals surface area contributed by atoms with Gasteiger partial charge >= 0.3 is 0 Å². The molecule has 0 heterocycles. The fourth-order valence-electron chi connectivity index (χ4n) is 2.95. The summed E-state index contributed by atoms with van der Waals surface area (Å²) in [5, 5.41) is 3.11. The van der Waals surface area contributed by atoms with Gasteiger partial charge in [0.25, 0.3) is 0 Å². The average molecular weight is 279 g/mol. The van der Waals surface area contributed by atoms with Crippen LogP contribution in [-0.4, -0.2) is 6.72 Å². The first-order valence-corrected chi connectivity index (χ1v) is 6.89. The Bertz CT molecular complexity index is 493. The summed E-state index contributed by atoms with van der Waals surface area (Å²) in [6, 6.07) is 3.01. The Morgan fingerprint density at radius 3 is 2.50 bits per heavy atom. The predicted molar refractivity (Wildman–Crippen MR) is 76.0 cm³/mol. The minimum absolute atomic E-state index is 0.0799. The van der Waals surface area contributed by atoms with E-state index in [1.54, 1.807) is 6.07 Å². The van der Waals surface area contributed by atoms with Gasteiger partial charge in [-0.15, -0.1) is 6.58 Å². The van der Waals surface area contributed by atoms with E-state index < -0.39 is 11.6 Å². The van der Waals surface area contributed by atoms with Crippen LogP contribution < -0.4 is 4.84 Å². The molecule has 2 nitrogen and oxygen atoms in total. The summed E-state index contributed by atoms with van der Waals surface area (Å²) < 4.78 is 27.9. The lowest BCUT2D eigenvalue weighted by Gasteiger charge is -2.28. The van der Waals surface area contributed by atoms with Crippen molar-refractivity contribution < 1.29 is 13.6 Å². The molecule has 2 rings (SSSR count). The van der Waals surface area contributed by atoms with E-state index in [9.17, 15) is 8.78 Å². The third-order valence-corrected chi connectivity index (χ3v) is 4.03. The van der Waals surface area contributed by atoms with Crippen LogP contribution in [0.2, 0.25) is 0 Å². The molecule has 0 aromatic heterocycles. The predicted octanol–water partition coefficient (Wildman–Crippen LogP) is 4.81. The topological polar surface area (TPSA) is 21.6 Å². The first-order valence-electron chi connectivity index (χ1n) is 6.89. The van der Waals surface area contributed by atoms with Crippen molar-refractivity contribution in [3.63, 3.8) is 0 Å². The second-order valence-corrected chi connectivity index (χ2v) is 5.24. The van der Waals surface area contributed by atoms with Gasteiger partial charge in [-0.25, -0.2) is 4.39 Å². The summed E-state index contributed by atoms with van der Waals surface area (Å²) in [6.45, 7) is 6.84. The van der Waals surface area contributed by atoms with Crippen LogP contribution in [0.4, 0.5) is 8.78 Å². The van der Waals surface area contributed by atoms with E-state index in [0.29, 0.717) is 11.5 Å². The molecule has 0 radical (unpaired) electrons. The highest BCUT2D eigenvalue weighted by molar-refractivity contribution is 5.34. The van der Waals surface area contributed by atoms with Crippen molar-refractivity contribution in [2.45, 2.75) is 38.0 Å². The van der Waals surface area contributed by atoms with E-state index >= 15 is 0 Å². The van der Waals surface area contributed by atoms with Crippen LogP contribution in [0.15, 0.2) is 29.9 Å². The van der Waals surface area contributed by atoms with E-state index in [4.69, 9.17) is 0 Å². The van der Waals surface area contributed by atoms with Crippen molar-refractivity contribution in [1.82, 2.24) is 0 Å². The number of oxime groups is 1. The number of rotatable bonds is 5. The van der Waals surface area contributed by atoms with Gasteiger partial charge in [-0.1, -0.05) is 17.3 Å². The molecule has 1 aliphatic rings. The molecule has 20 heavy (non-hydrogen) atoms. The largest absolute Gasteiger partial charge is 0.354 e. The van der Waals surface area contributed by atoms with Gasteiger partial charge in [0.15, 0.2) is 11.6 Å². The molecule has 0 amide bonds. The minimum atomic E-state index is -0.983. The number of hydrogen-bond donors (Lipinski definition) is 0. The molecule has 1 aromatic rings. The zero-order chi connectivity index (χ0) is 14.5. The third-order valence-electron chi connectivity index (χ3n) is 4.03. The van der Waals surface area contributed by atoms with Crippen LogP contribution in [0.1, 0.15) is 43.6 Å². The summed E-state index contributed by atoms with van der Waals surface area (Å²) in [6.07, 6.45) is 6.76. The summed E-state index contributed by atoms with van der Waals surface area (Å²) in [4.78, 5) is 4.60. The van der Waals surface area contributed by atoms with Crippen LogP contribution in [0, 0.1) is 17.6 Å². The normalized spacial score (nSPS) is 22.3. The Kier molecular flexibility index (Phi) is 4.88. The molecule has 0 saturated heterocycles. The van der Waals surface area contributed by atoms with E-state index in [1.165, 1.54) is 6.07 Å². The lowest BCUT2D eigenvalue weighted by atomic mass is 9.77. The Hall–Kier alpha value is -1.71. The molecule has 1 aliphatic carbocycles. The van der Waals surface area contributed by atoms with Crippen LogP contribution in [0.25, 0.3) is 0 Å². The highest BCUT2D eigenvalue weighted by Gasteiger charge is 2.26. The van der Waals surface area contributed by atoms with E-state index in [2.05, 4.69) is 23.3 Å². The van der Waals surface area contributed by atoms with Crippen LogP contribution in [0.5, 0.6) is 5.75 Å². The first kappa shape index (κ1) is 14.7. The molecule has 1 fully saturated rings. The van der Waals surface area contributed by atoms with Crippen molar-refractivity contribution >= 4 is 6.72 Å². The zero-order valence-electron chi connectivity index (χ0n) is 11.4. The molecule has 0 bridgehead atoms. The molecule has 0 spiro atoms. The molecule has 1 aromatic carbocycles. The van der Waals surface area contributed by atoms with Gasteiger partial charge in [-0.2, -0.15) is 4.39 Å². The number of allylic oxidation sites excluding steroid dienone is 1. The third kappa shape index (κ3) is 3.06. The zero-order valence-corrected chi connectivity index (χ0v) is 11.4. The van der Waals surface area contributed by atoms with E-state index in [0.717, 1.165) is 32.1 Å². The maximum atomic E-state index is 14.1. The number of benzene rings is 1. The fraction of sp³-hybridized carbons (Fsp3) is 0.438. The average Bonchev–Trinajstić information content (AvgIpc) is 2.46. The molecule has 0 aliphatic heterocycles. The van der Waals surface area contributed by atoms with Gasteiger partial charge in [-0.05, 0) is 55.6 Å². The second-order valence-electron chi connectivity index (χ2n) is 5.24. The van der Waals surface area contributed by atoms with Crippen LogP contribution >= 0.6 is 0 Å². The Morgan fingerprint density at radius 1 is 1.20 bits per heavy atom. The summed E-state index contributed by atoms with van der Waals surface area (Å²) in [7, 11) is 0. The Balaban J connectivity index is 2.12. The van der Waals surface area contributed by atoms with Crippen molar-refractivity contribution in [1.29, 1.82) is 0 Å². The van der Waals surface area contributed by atoms with E-state index in [-0.39, 0.29) is 11.7 Å². The smallest absolute Gasteiger partial charge is 0.204 e. The maximum Gasteiger partial charge on any atom is 0.204 e. The highest BCUT2D eigenvalue weighted by Crippen LogP contribution is 2.39. The Labute approximate surface area is 118 Å². The fourth-order valence-corrected chi connectivity index (χ4v) is 2.95. The number of nitrogens with zero attached hydrogens (tertiary/aromatic N) is 1. The molecule has 0 unspecified atom stereocenters. The van der Waals surface area contributed by atoms with Gasteiger partial charge in [0.2, 0.25) is 5.82 Å². The van der Waals surface area contributed by atoms with Gasteiger partial charge in [0.05, 0.1) is 0 Å². The van der Waals surface area contributed by atoms with Crippen LogP contribution in [0.3, 0.4) is 0 Å². The quantitative estimate of drug-likeness (QED) is 0.430. The molecular formula is C16H19F2NO. The standard InChI is InChI=1S/C16H19F2NO/c1-3-4-11-5-7-12(8-6-11)13-9-10-14(20-19-2)16(18)15(13)17/h3,9-12H,1-2,4-8H2. The number of halogens is 2. The van der Waals surface area contributed by atoms with Gasteiger partial charge in [0, 0.05) is 6.72 Å². The molecule has 0 atom stereocenters. The summed E-state index contributed by atoms with van der Waals surface area (Å²) >= 11 is 0.